The average Bonchev–Trinajstić information content (AvgIpc) is 2.51. The zero-order chi connectivity index (χ0) is 13.9. The van der Waals surface area contributed by atoms with Crippen molar-refractivity contribution in [3.63, 3.8) is 0 Å². The van der Waals surface area contributed by atoms with Gasteiger partial charge in [0.05, 0.1) is 5.69 Å². The minimum Gasteiger partial charge on any atom is -0.354 e. The molecule has 4 nitrogen and oxygen atoms in total. The lowest BCUT2D eigenvalue weighted by Gasteiger charge is -2.31. The van der Waals surface area contributed by atoms with Gasteiger partial charge >= 0.3 is 0 Å². The Hall–Kier alpha value is -1.03. The number of hydrogen-bond donors (Lipinski definition) is 1. The van der Waals surface area contributed by atoms with Gasteiger partial charge in [-0.05, 0) is 33.7 Å². The van der Waals surface area contributed by atoms with Gasteiger partial charge in [-0.2, -0.15) is 5.10 Å². The molecular formula is C14H28N4. The number of rotatable bonds is 6. The van der Waals surface area contributed by atoms with Crippen LogP contribution in [0.3, 0.4) is 0 Å². The zero-order valence-corrected chi connectivity index (χ0v) is 12.9. The Morgan fingerprint density at radius 3 is 2.33 bits per heavy atom. The van der Waals surface area contributed by atoms with Gasteiger partial charge in [0.25, 0.3) is 0 Å². The summed E-state index contributed by atoms with van der Waals surface area (Å²) in [6, 6.07) is 0.484. The molecule has 0 unspecified atom stereocenters. The summed E-state index contributed by atoms with van der Waals surface area (Å²) in [6.07, 6.45) is 0. The van der Waals surface area contributed by atoms with Crippen molar-refractivity contribution in [1.82, 2.24) is 15.1 Å². The summed E-state index contributed by atoms with van der Waals surface area (Å²) in [5, 5.41) is 7.82. The Labute approximate surface area is 111 Å². The molecule has 0 amide bonds. The van der Waals surface area contributed by atoms with E-state index in [2.05, 4.69) is 49.9 Å². The predicted molar refractivity (Wildman–Crippen MR) is 78.0 cm³/mol. The number of hydrogen-bond acceptors (Lipinski definition) is 3. The molecule has 0 atom stereocenters. The molecule has 1 N–H and O–H groups in total. The molecule has 0 bridgehead atoms. The molecule has 0 fully saturated rings. The Balaban J connectivity index is 3.17. The van der Waals surface area contributed by atoms with E-state index in [0.29, 0.717) is 12.0 Å². The van der Waals surface area contributed by atoms with Crippen molar-refractivity contribution in [3.05, 3.63) is 11.3 Å². The second-order valence-electron chi connectivity index (χ2n) is 5.68. The van der Waals surface area contributed by atoms with Crippen LogP contribution in [0.4, 0.5) is 5.82 Å². The van der Waals surface area contributed by atoms with Crippen molar-refractivity contribution < 1.29 is 0 Å². The average molecular weight is 252 g/mol. The lowest BCUT2D eigenvalue weighted by molar-refractivity contribution is 0.550. The summed E-state index contributed by atoms with van der Waals surface area (Å²) in [5.41, 5.74) is 2.44. The lowest BCUT2D eigenvalue weighted by Crippen LogP contribution is -2.36. The third-order valence-corrected chi connectivity index (χ3v) is 3.12. The van der Waals surface area contributed by atoms with Crippen molar-refractivity contribution in [3.8, 4) is 0 Å². The van der Waals surface area contributed by atoms with Crippen LogP contribution < -0.4 is 10.2 Å². The molecule has 0 aliphatic heterocycles. The fraction of sp³-hybridized carbons (Fsp3) is 0.786. The van der Waals surface area contributed by atoms with Crippen molar-refractivity contribution in [2.45, 2.75) is 47.2 Å². The third kappa shape index (κ3) is 3.25. The molecule has 0 spiro atoms. The Kier molecular flexibility index (Phi) is 5.20. The van der Waals surface area contributed by atoms with E-state index in [-0.39, 0.29) is 0 Å². The first-order valence-electron chi connectivity index (χ1n) is 6.82. The van der Waals surface area contributed by atoms with Crippen LogP contribution in [-0.2, 0) is 13.6 Å². The summed E-state index contributed by atoms with van der Waals surface area (Å²) in [4.78, 5) is 2.46. The fourth-order valence-corrected chi connectivity index (χ4v) is 2.37. The van der Waals surface area contributed by atoms with Gasteiger partial charge in [0.1, 0.15) is 5.82 Å². The standard InChI is InChI=1S/C14H28N4/c1-10(2)9-18(11(3)4)14-13(8-15-6)12(5)16-17(14)7/h10-11,15H,8-9H2,1-7H3. The molecule has 18 heavy (non-hydrogen) atoms. The van der Waals surface area contributed by atoms with Gasteiger partial charge in [0.2, 0.25) is 0 Å². The van der Waals surface area contributed by atoms with Gasteiger partial charge in [-0.25, -0.2) is 0 Å². The monoisotopic (exact) mass is 252 g/mol. The van der Waals surface area contributed by atoms with E-state index in [0.717, 1.165) is 18.8 Å². The fourth-order valence-electron chi connectivity index (χ4n) is 2.37. The largest absolute Gasteiger partial charge is 0.354 e. The van der Waals surface area contributed by atoms with Crippen LogP contribution in [0.2, 0.25) is 0 Å². The van der Waals surface area contributed by atoms with Gasteiger partial charge in [-0.15, -0.1) is 0 Å². The highest BCUT2D eigenvalue weighted by Gasteiger charge is 2.21. The van der Waals surface area contributed by atoms with Gasteiger partial charge in [0.15, 0.2) is 0 Å². The van der Waals surface area contributed by atoms with Crippen LogP contribution in [0, 0.1) is 12.8 Å². The second kappa shape index (κ2) is 6.23. The molecule has 0 aliphatic carbocycles. The number of nitrogens with one attached hydrogen (secondary N) is 1. The summed E-state index contributed by atoms with van der Waals surface area (Å²) in [5.74, 6) is 1.90. The molecule has 4 heteroatoms. The molecule has 1 heterocycles. The van der Waals surface area contributed by atoms with E-state index in [1.165, 1.54) is 11.4 Å². The van der Waals surface area contributed by atoms with Crippen molar-refractivity contribution in [2.75, 3.05) is 18.5 Å². The van der Waals surface area contributed by atoms with Gasteiger partial charge in [-0.3, -0.25) is 4.68 Å². The summed E-state index contributed by atoms with van der Waals surface area (Å²) < 4.78 is 2.02. The zero-order valence-electron chi connectivity index (χ0n) is 12.9. The number of nitrogens with zero attached hydrogens (tertiary/aromatic N) is 3. The highest BCUT2D eigenvalue weighted by molar-refractivity contribution is 5.51. The van der Waals surface area contributed by atoms with E-state index in [4.69, 9.17) is 0 Å². The quantitative estimate of drug-likeness (QED) is 0.843. The molecule has 104 valence electrons. The summed E-state index contributed by atoms with van der Waals surface area (Å²) in [7, 11) is 4.02. The Morgan fingerprint density at radius 1 is 1.28 bits per heavy atom. The minimum absolute atomic E-state index is 0.484. The highest BCUT2D eigenvalue weighted by atomic mass is 15.4. The van der Waals surface area contributed by atoms with Crippen LogP contribution in [-0.4, -0.2) is 29.4 Å². The van der Waals surface area contributed by atoms with Crippen LogP contribution in [0.5, 0.6) is 0 Å². The highest BCUT2D eigenvalue weighted by Crippen LogP contribution is 2.25. The second-order valence-corrected chi connectivity index (χ2v) is 5.68. The number of aromatic nitrogens is 2. The van der Waals surface area contributed by atoms with Crippen molar-refractivity contribution >= 4 is 5.82 Å². The normalized spacial score (nSPS) is 11.6. The molecular weight excluding hydrogens is 224 g/mol. The Morgan fingerprint density at radius 2 is 1.89 bits per heavy atom. The van der Waals surface area contributed by atoms with E-state index in [1.807, 2.05) is 18.8 Å². The lowest BCUT2D eigenvalue weighted by atomic mass is 10.1. The van der Waals surface area contributed by atoms with E-state index in [1.54, 1.807) is 0 Å². The molecule has 0 saturated carbocycles. The summed E-state index contributed by atoms with van der Waals surface area (Å²) in [6.45, 7) is 13.0. The van der Waals surface area contributed by atoms with Gasteiger partial charge in [0, 0.05) is 31.7 Å². The minimum atomic E-state index is 0.484. The van der Waals surface area contributed by atoms with Crippen molar-refractivity contribution in [2.24, 2.45) is 13.0 Å². The van der Waals surface area contributed by atoms with Gasteiger partial charge < -0.3 is 10.2 Å². The molecule has 1 aromatic heterocycles. The van der Waals surface area contributed by atoms with E-state index >= 15 is 0 Å². The maximum absolute atomic E-state index is 4.58. The van der Waals surface area contributed by atoms with Crippen LogP contribution in [0.15, 0.2) is 0 Å². The topological polar surface area (TPSA) is 33.1 Å². The van der Waals surface area contributed by atoms with E-state index < -0.39 is 0 Å². The predicted octanol–water partition coefficient (Wildman–Crippen LogP) is 2.32. The SMILES string of the molecule is CNCc1c(C)nn(C)c1N(CC(C)C)C(C)C. The summed E-state index contributed by atoms with van der Waals surface area (Å²) >= 11 is 0. The first kappa shape index (κ1) is 15.0. The molecule has 1 aromatic rings. The number of aryl methyl sites for hydroxylation is 2. The first-order valence-corrected chi connectivity index (χ1v) is 6.82. The maximum atomic E-state index is 4.58. The first-order chi connectivity index (χ1) is 8.38. The van der Waals surface area contributed by atoms with Crippen LogP contribution in [0.1, 0.15) is 39.0 Å². The molecule has 0 aliphatic rings. The molecule has 1 rings (SSSR count). The maximum Gasteiger partial charge on any atom is 0.131 e. The van der Waals surface area contributed by atoms with E-state index in [9.17, 15) is 0 Å². The van der Waals surface area contributed by atoms with Crippen LogP contribution >= 0.6 is 0 Å². The van der Waals surface area contributed by atoms with Gasteiger partial charge in [-0.1, -0.05) is 13.8 Å². The molecule has 0 radical (unpaired) electrons. The van der Waals surface area contributed by atoms with Crippen LogP contribution in [0.25, 0.3) is 0 Å². The third-order valence-electron chi connectivity index (χ3n) is 3.12. The smallest absolute Gasteiger partial charge is 0.131 e. The number of anilines is 1. The molecule has 0 aromatic carbocycles. The molecule has 0 saturated heterocycles. The van der Waals surface area contributed by atoms with Crippen molar-refractivity contribution in [1.29, 1.82) is 0 Å². The Bertz CT molecular complexity index is 379.